The van der Waals surface area contributed by atoms with Crippen LogP contribution in [-0.4, -0.2) is 11.0 Å². The minimum absolute atomic E-state index is 0. The summed E-state index contributed by atoms with van der Waals surface area (Å²) < 4.78 is 0. The van der Waals surface area contributed by atoms with Crippen molar-refractivity contribution < 1.29 is 33.6 Å². The van der Waals surface area contributed by atoms with Gasteiger partial charge in [0, 0.05) is 44.5 Å². The molecule has 0 atom stereocenters. The Bertz CT molecular complexity index is 8.00. The molecule has 0 rings (SSSR count). The molecule has 0 aromatic rings. The first-order valence-corrected chi connectivity index (χ1v) is 0. The van der Waals surface area contributed by atoms with E-state index in [4.69, 9.17) is 0 Å². The van der Waals surface area contributed by atoms with Crippen LogP contribution < -0.4 is 0 Å². The maximum Gasteiger partial charge on any atom is 0 e. The molecule has 0 bridgehead atoms. The summed E-state index contributed by atoms with van der Waals surface area (Å²) in [5.41, 5.74) is 0. The van der Waals surface area contributed by atoms with Crippen LogP contribution in [0.4, 0.5) is 0 Å². The van der Waals surface area contributed by atoms with Gasteiger partial charge in [-0.2, -0.15) is 0 Å². The standard InChI is InChI=1S/CH4.Mn.Ni.Si/h1H4;;;. The van der Waals surface area contributed by atoms with Crippen molar-refractivity contribution in [2.75, 3.05) is 0 Å². The number of rotatable bonds is 0. The molecule has 4 heavy (non-hydrogen) atoms. The van der Waals surface area contributed by atoms with E-state index >= 15 is 0 Å². The van der Waals surface area contributed by atoms with Crippen molar-refractivity contribution in [3.8, 4) is 0 Å². The molecule has 0 unspecified atom stereocenters. The van der Waals surface area contributed by atoms with Gasteiger partial charge in [0.15, 0.2) is 0 Å². The van der Waals surface area contributed by atoms with Crippen LogP contribution in [0.1, 0.15) is 7.43 Å². The zero-order chi connectivity index (χ0) is 0. The maximum absolute atomic E-state index is 0. The van der Waals surface area contributed by atoms with Crippen LogP contribution in [0, 0.1) is 0 Å². The monoisotopic (exact) mass is 157 g/mol. The van der Waals surface area contributed by atoms with Gasteiger partial charge in [-0.05, 0) is 0 Å². The molecule has 0 aromatic heterocycles. The Balaban J connectivity index is 0. The molecule has 0 N–H and O–H groups in total. The van der Waals surface area contributed by atoms with Crippen LogP contribution in [0.5, 0.6) is 0 Å². The van der Waals surface area contributed by atoms with E-state index in [0.717, 1.165) is 0 Å². The molecule has 3 heteroatoms. The van der Waals surface area contributed by atoms with E-state index in [1.807, 2.05) is 0 Å². The summed E-state index contributed by atoms with van der Waals surface area (Å²) in [7, 11) is 0. The van der Waals surface area contributed by atoms with Crippen molar-refractivity contribution in [2.24, 2.45) is 0 Å². The molecular formula is CH4MnNiSi. The van der Waals surface area contributed by atoms with E-state index in [-0.39, 0.29) is 52.0 Å². The van der Waals surface area contributed by atoms with E-state index in [9.17, 15) is 0 Å². The molecule has 0 amide bonds. The average molecular weight is 158 g/mol. The average Bonchev–Trinajstić information content (AvgIpc) is 0. The van der Waals surface area contributed by atoms with Crippen LogP contribution in [0.2, 0.25) is 0 Å². The molecule has 0 aromatic carbocycles. The Morgan fingerprint density at radius 1 is 1.00 bits per heavy atom. The zero-order valence-corrected chi connectivity index (χ0v) is 4.36. The van der Waals surface area contributed by atoms with Crippen molar-refractivity contribution in [3.63, 3.8) is 0 Å². The van der Waals surface area contributed by atoms with Crippen LogP contribution in [0.15, 0.2) is 0 Å². The second kappa shape index (κ2) is 29.2. The van der Waals surface area contributed by atoms with Gasteiger partial charge in [-0.25, -0.2) is 0 Å². The molecule has 0 fully saturated rings. The van der Waals surface area contributed by atoms with Crippen LogP contribution in [-0.2, 0) is 33.6 Å². The third-order valence-electron chi connectivity index (χ3n) is 0. The van der Waals surface area contributed by atoms with Gasteiger partial charge in [0.2, 0.25) is 0 Å². The molecule has 0 aliphatic heterocycles. The third-order valence-corrected chi connectivity index (χ3v) is 0. The van der Waals surface area contributed by atoms with Crippen LogP contribution >= 0.6 is 0 Å². The van der Waals surface area contributed by atoms with Crippen molar-refractivity contribution in [2.45, 2.75) is 7.43 Å². The van der Waals surface area contributed by atoms with E-state index in [0.29, 0.717) is 0 Å². The summed E-state index contributed by atoms with van der Waals surface area (Å²) in [5.74, 6) is 0. The molecule has 0 aliphatic rings. The molecule has 0 saturated carbocycles. The second-order valence-electron chi connectivity index (χ2n) is 0. The minimum atomic E-state index is 0. The van der Waals surface area contributed by atoms with E-state index in [1.54, 1.807) is 0 Å². The van der Waals surface area contributed by atoms with Gasteiger partial charge in [-0.1, -0.05) is 7.43 Å². The predicted molar refractivity (Wildman–Crippen MR) is 12.5 cm³/mol. The molecule has 0 saturated heterocycles. The maximum atomic E-state index is 0. The van der Waals surface area contributed by atoms with E-state index in [2.05, 4.69) is 0 Å². The summed E-state index contributed by atoms with van der Waals surface area (Å²) in [6, 6.07) is 0. The van der Waals surface area contributed by atoms with Crippen molar-refractivity contribution in [1.82, 2.24) is 0 Å². The number of hydrogen-bond acceptors (Lipinski definition) is 0. The SMILES string of the molecule is C.[Mn].[Ni].[Si]. The molecule has 29 valence electrons. The Hall–Kier alpha value is 1.23. The summed E-state index contributed by atoms with van der Waals surface area (Å²) in [5, 5.41) is 0. The zero-order valence-electron chi connectivity index (χ0n) is 1.19. The second-order valence-corrected chi connectivity index (χ2v) is 0. The fraction of sp³-hybridized carbons (Fsp3) is 1.00. The Kier molecular flexibility index (Phi) is 451. The quantitative estimate of drug-likeness (QED) is 0.443. The Morgan fingerprint density at radius 2 is 1.00 bits per heavy atom. The minimum Gasteiger partial charge on any atom is -0.0776 e. The molecule has 0 aliphatic carbocycles. The van der Waals surface area contributed by atoms with Crippen molar-refractivity contribution >= 4 is 11.0 Å². The molecule has 0 spiro atoms. The molecular weight excluding hydrogens is 154 g/mol. The summed E-state index contributed by atoms with van der Waals surface area (Å²) in [6.45, 7) is 0. The van der Waals surface area contributed by atoms with E-state index in [1.165, 1.54) is 0 Å². The van der Waals surface area contributed by atoms with Gasteiger partial charge in [-0.15, -0.1) is 0 Å². The van der Waals surface area contributed by atoms with Gasteiger partial charge in [0.25, 0.3) is 0 Å². The fourth-order valence-corrected chi connectivity index (χ4v) is 0. The van der Waals surface area contributed by atoms with Gasteiger partial charge in [-0.3, -0.25) is 0 Å². The topological polar surface area (TPSA) is 0 Å². The van der Waals surface area contributed by atoms with E-state index < -0.39 is 0 Å². The Labute approximate surface area is 52.2 Å². The largest absolute Gasteiger partial charge is 0.0776 e. The third kappa shape index (κ3) is 10.6. The fourth-order valence-electron chi connectivity index (χ4n) is 0. The smallest absolute Gasteiger partial charge is 0 e. The van der Waals surface area contributed by atoms with Gasteiger partial charge in [0.05, 0.1) is 0 Å². The van der Waals surface area contributed by atoms with Crippen molar-refractivity contribution in [3.05, 3.63) is 0 Å². The summed E-state index contributed by atoms with van der Waals surface area (Å²) >= 11 is 0. The molecule has 5 radical (unpaired) electrons. The number of hydrogen-bond donors (Lipinski definition) is 0. The van der Waals surface area contributed by atoms with Gasteiger partial charge >= 0.3 is 0 Å². The first kappa shape index (κ1) is 61.9. The van der Waals surface area contributed by atoms with Crippen LogP contribution in [0.3, 0.4) is 0 Å². The first-order chi connectivity index (χ1) is 0. The molecule has 0 nitrogen and oxygen atoms in total. The Morgan fingerprint density at radius 3 is 1.00 bits per heavy atom. The van der Waals surface area contributed by atoms with Gasteiger partial charge < -0.3 is 0 Å². The van der Waals surface area contributed by atoms with Crippen molar-refractivity contribution in [1.29, 1.82) is 0 Å². The summed E-state index contributed by atoms with van der Waals surface area (Å²) in [6.07, 6.45) is 0. The normalized spacial score (nSPS) is 0. The molecule has 0 heterocycles. The predicted octanol–water partition coefficient (Wildman–Crippen LogP) is 0.250. The summed E-state index contributed by atoms with van der Waals surface area (Å²) in [4.78, 5) is 0. The first-order valence-electron chi connectivity index (χ1n) is 0. The van der Waals surface area contributed by atoms with Crippen LogP contribution in [0.25, 0.3) is 0 Å². The van der Waals surface area contributed by atoms with Gasteiger partial charge in [0.1, 0.15) is 0 Å².